The highest BCUT2D eigenvalue weighted by Gasteiger charge is 2.32. The van der Waals surface area contributed by atoms with E-state index in [4.69, 9.17) is 0 Å². The van der Waals surface area contributed by atoms with Gasteiger partial charge in [0.05, 0.1) is 0 Å². The Labute approximate surface area is 88.1 Å². The van der Waals surface area contributed by atoms with Crippen LogP contribution in [0.4, 0.5) is 13.2 Å². The van der Waals surface area contributed by atoms with Crippen molar-refractivity contribution in [2.24, 2.45) is 0 Å². The van der Waals surface area contributed by atoms with Gasteiger partial charge < -0.3 is 4.74 Å². The van der Waals surface area contributed by atoms with Crippen LogP contribution in [-0.4, -0.2) is 6.36 Å². The summed E-state index contributed by atoms with van der Waals surface area (Å²) < 4.78 is 40.1. The summed E-state index contributed by atoms with van der Waals surface area (Å²) in [5.74, 6) is -0.189. The Morgan fingerprint density at radius 1 is 1.27 bits per heavy atom. The van der Waals surface area contributed by atoms with E-state index in [1.807, 2.05) is 0 Å². The van der Waals surface area contributed by atoms with Crippen molar-refractivity contribution in [2.45, 2.75) is 6.36 Å². The SMILES string of the molecule is [CH2]c1scc2cccc(OC(F)(F)F)c12. The quantitative estimate of drug-likeness (QED) is 0.721. The van der Waals surface area contributed by atoms with Crippen LogP contribution in [0.1, 0.15) is 4.88 Å². The lowest BCUT2D eigenvalue weighted by molar-refractivity contribution is -0.274. The maximum Gasteiger partial charge on any atom is 0.573 e. The minimum absolute atomic E-state index is 0.189. The summed E-state index contributed by atoms with van der Waals surface area (Å²) in [4.78, 5) is 0.574. The Morgan fingerprint density at radius 2 is 2.00 bits per heavy atom. The van der Waals surface area contributed by atoms with Crippen LogP contribution >= 0.6 is 11.3 Å². The van der Waals surface area contributed by atoms with Crippen LogP contribution in [0.15, 0.2) is 23.6 Å². The Hall–Kier alpha value is -1.23. The number of ether oxygens (including phenoxy) is 1. The molecule has 0 saturated carbocycles. The van der Waals surface area contributed by atoms with Gasteiger partial charge in [0.2, 0.25) is 0 Å². The van der Waals surface area contributed by atoms with Crippen LogP contribution in [0.2, 0.25) is 0 Å². The highest BCUT2D eigenvalue weighted by atomic mass is 32.1. The van der Waals surface area contributed by atoms with Crippen molar-refractivity contribution in [1.82, 2.24) is 0 Å². The van der Waals surface area contributed by atoms with Gasteiger partial charge in [-0.2, -0.15) is 0 Å². The van der Waals surface area contributed by atoms with E-state index in [-0.39, 0.29) is 5.75 Å². The number of halogens is 3. The molecule has 79 valence electrons. The van der Waals surface area contributed by atoms with Crippen molar-refractivity contribution >= 4 is 22.1 Å². The van der Waals surface area contributed by atoms with E-state index in [9.17, 15) is 13.2 Å². The maximum absolute atomic E-state index is 12.1. The fourth-order valence-electron chi connectivity index (χ4n) is 1.35. The molecule has 2 rings (SSSR count). The molecule has 2 aromatic rings. The summed E-state index contributed by atoms with van der Waals surface area (Å²) in [6.07, 6.45) is -4.66. The molecule has 1 heterocycles. The molecule has 0 aliphatic heterocycles. The highest BCUT2D eigenvalue weighted by molar-refractivity contribution is 7.11. The van der Waals surface area contributed by atoms with Crippen molar-refractivity contribution in [3.63, 3.8) is 0 Å². The topological polar surface area (TPSA) is 9.23 Å². The summed E-state index contributed by atoms with van der Waals surface area (Å²) >= 11 is 1.30. The molecule has 5 heteroatoms. The van der Waals surface area contributed by atoms with E-state index < -0.39 is 6.36 Å². The molecule has 1 aromatic carbocycles. The largest absolute Gasteiger partial charge is 0.573 e. The van der Waals surface area contributed by atoms with Crippen LogP contribution in [-0.2, 0) is 0 Å². The van der Waals surface area contributed by atoms with Gasteiger partial charge in [0.25, 0.3) is 0 Å². The number of benzene rings is 1. The third kappa shape index (κ3) is 2.07. The maximum atomic E-state index is 12.1. The predicted octanol–water partition coefficient (Wildman–Crippen LogP) is 3.98. The zero-order chi connectivity index (χ0) is 11.1. The van der Waals surface area contributed by atoms with Gasteiger partial charge in [-0.1, -0.05) is 12.1 Å². The van der Waals surface area contributed by atoms with Gasteiger partial charge in [-0.25, -0.2) is 0 Å². The number of hydrogen-bond acceptors (Lipinski definition) is 2. The molecule has 1 aromatic heterocycles. The molecule has 1 nitrogen and oxygen atoms in total. The molecule has 1 radical (unpaired) electrons. The molecule has 0 spiro atoms. The molecule has 0 atom stereocenters. The molecule has 0 unspecified atom stereocenters. The molecule has 0 aliphatic rings. The second-order valence-corrected chi connectivity index (χ2v) is 3.89. The average Bonchev–Trinajstić information content (AvgIpc) is 2.46. The van der Waals surface area contributed by atoms with Crippen molar-refractivity contribution in [2.75, 3.05) is 0 Å². The Kier molecular flexibility index (Phi) is 2.34. The summed E-state index contributed by atoms with van der Waals surface area (Å²) in [5, 5.41) is 2.90. The third-order valence-electron chi connectivity index (χ3n) is 1.89. The Morgan fingerprint density at radius 3 is 2.67 bits per heavy atom. The van der Waals surface area contributed by atoms with Gasteiger partial charge in [0.15, 0.2) is 0 Å². The first kappa shape index (κ1) is 10.3. The van der Waals surface area contributed by atoms with E-state index in [1.54, 1.807) is 11.4 Å². The van der Waals surface area contributed by atoms with Gasteiger partial charge in [-0.15, -0.1) is 24.5 Å². The minimum atomic E-state index is -4.66. The van der Waals surface area contributed by atoms with Gasteiger partial charge in [-0.3, -0.25) is 0 Å². The van der Waals surface area contributed by atoms with Crippen LogP contribution in [0.25, 0.3) is 10.8 Å². The number of fused-ring (bicyclic) bond motifs is 1. The number of thiophene rings is 1. The Bertz CT molecular complexity index is 487. The molecular weight excluding hydrogens is 225 g/mol. The van der Waals surface area contributed by atoms with E-state index in [1.165, 1.54) is 23.5 Å². The normalized spacial score (nSPS) is 12.0. The third-order valence-corrected chi connectivity index (χ3v) is 2.75. The molecule has 15 heavy (non-hydrogen) atoms. The lowest BCUT2D eigenvalue weighted by Gasteiger charge is -2.10. The fraction of sp³-hybridized carbons (Fsp3) is 0.100. The molecule has 0 amide bonds. The van der Waals surface area contributed by atoms with Crippen molar-refractivity contribution in [3.8, 4) is 5.75 Å². The van der Waals surface area contributed by atoms with Gasteiger partial charge in [-0.05, 0) is 23.8 Å². The molecule has 0 fully saturated rings. The fourth-order valence-corrected chi connectivity index (χ4v) is 2.15. The summed E-state index contributed by atoms with van der Waals surface area (Å²) in [6, 6.07) is 4.54. The van der Waals surface area contributed by atoms with E-state index in [0.717, 1.165) is 0 Å². The van der Waals surface area contributed by atoms with Crippen molar-refractivity contribution in [1.29, 1.82) is 0 Å². The van der Waals surface area contributed by atoms with Crippen molar-refractivity contribution < 1.29 is 17.9 Å². The number of alkyl halides is 3. The highest BCUT2D eigenvalue weighted by Crippen LogP contribution is 2.35. The predicted molar refractivity (Wildman–Crippen MR) is 53.0 cm³/mol. The van der Waals surface area contributed by atoms with E-state index >= 15 is 0 Å². The lowest BCUT2D eigenvalue weighted by atomic mass is 10.2. The van der Waals surface area contributed by atoms with Crippen LogP contribution < -0.4 is 4.74 Å². The first-order valence-corrected chi connectivity index (χ1v) is 4.93. The minimum Gasteiger partial charge on any atom is -0.405 e. The first-order chi connectivity index (χ1) is 6.97. The summed E-state index contributed by atoms with van der Waals surface area (Å²) in [5.41, 5.74) is 0. The molecule has 0 N–H and O–H groups in total. The smallest absolute Gasteiger partial charge is 0.405 e. The average molecular weight is 231 g/mol. The zero-order valence-corrected chi connectivity index (χ0v) is 8.28. The molecule has 0 bridgehead atoms. The van der Waals surface area contributed by atoms with Crippen LogP contribution in [0.3, 0.4) is 0 Å². The van der Waals surface area contributed by atoms with Crippen molar-refractivity contribution in [3.05, 3.63) is 35.4 Å². The van der Waals surface area contributed by atoms with Gasteiger partial charge in [0.1, 0.15) is 5.75 Å². The molecular formula is C10H6F3OS. The first-order valence-electron chi connectivity index (χ1n) is 4.05. The number of rotatable bonds is 1. The monoisotopic (exact) mass is 231 g/mol. The van der Waals surface area contributed by atoms with Crippen LogP contribution in [0, 0.1) is 6.92 Å². The van der Waals surface area contributed by atoms with Gasteiger partial charge >= 0.3 is 6.36 Å². The summed E-state index contributed by atoms with van der Waals surface area (Å²) in [7, 11) is 0. The second kappa shape index (κ2) is 3.41. The van der Waals surface area contributed by atoms with E-state index in [2.05, 4.69) is 11.7 Å². The van der Waals surface area contributed by atoms with E-state index in [0.29, 0.717) is 15.6 Å². The van der Waals surface area contributed by atoms with Gasteiger partial charge in [0, 0.05) is 10.3 Å². The molecule has 0 saturated heterocycles. The molecule has 0 aliphatic carbocycles. The number of hydrogen-bond donors (Lipinski definition) is 0. The summed E-state index contributed by atoms with van der Waals surface area (Å²) in [6.45, 7) is 3.67. The standard InChI is InChI=1S/C10H6F3OS/c1-6-9-7(5-15-6)3-2-4-8(9)14-10(11,12)13/h2-5H,1H2. The second-order valence-electron chi connectivity index (χ2n) is 2.93. The van der Waals surface area contributed by atoms with Crippen LogP contribution in [0.5, 0.6) is 5.75 Å². The lowest BCUT2D eigenvalue weighted by Crippen LogP contribution is -2.17. The zero-order valence-electron chi connectivity index (χ0n) is 7.47. The Balaban J connectivity index is 2.55.